The normalized spacial score (nSPS) is 26.3. The number of nitrogens with one attached hydrogen (secondary N) is 1. The van der Waals surface area contributed by atoms with Crippen LogP contribution in [0.1, 0.15) is 22.5 Å². The van der Waals surface area contributed by atoms with Crippen LogP contribution in [0.5, 0.6) is 0 Å². The van der Waals surface area contributed by atoms with Crippen LogP contribution in [-0.2, 0) is 11.3 Å². The molecular formula is C18H22N4O3. The van der Waals surface area contributed by atoms with Crippen molar-refractivity contribution in [1.82, 2.24) is 20.4 Å². The summed E-state index contributed by atoms with van der Waals surface area (Å²) in [6, 6.07) is 5.68. The van der Waals surface area contributed by atoms with Crippen LogP contribution in [0.2, 0.25) is 0 Å². The lowest BCUT2D eigenvalue weighted by molar-refractivity contribution is 0.0664. The van der Waals surface area contributed by atoms with E-state index in [1.165, 1.54) is 11.8 Å². The first-order valence-corrected chi connectivity index (χ1v) is 8.71. The molecule has 0 radical (unpaired) electrons. The van der Waals surface area contributed by atoms with E-state index in [9.17, 15) is 4.79 Å². The summed E-state index contributed by atoms with van der Waals surface area (Å²) in [5, 5.41) is 6.46. The van der Waals surface area contributed by atoms with Crippen molar-refractivity contribution in [3.63, 3.8) is 0 Å². The van der Waals surface area contributed by atoms with Crippen LogP contribution in [0.25, 0.3) is 0 Å². The minimum Gasteiger partial charge on any atom is -0.376 e. The zero-order valence-corrected chi connectivity index (χ0v) is 14.0. The van der Waals surface area contributed by atoms with Crippen LogP contribution in [0.4, 0.5) is 0 Å². The Hall–Kier alpha value is -2.25. The zero-order chi connectivity index (χ0) is 17.1. The smallest absolute Gasteiger partial charge is 0.289 e. The average Bonchev–Trinajstić information content (AvgIpc) is 3.31. The van der Waals surface area contributed by atoms with Crippen molar-refractivity contribution in [1.29, 1.82) is 0 Å². The highest BCUT2D eigenvalue weighted by Crippen LogP contribution is 2.34. The number of carbonyl (C=O) groups excluding carboxylic acids is 1. The van der Waals surface area contributed by atoms with Gasteiger partial charge >= 0.3 is 0 Å². The number of fused-ring (bicyclic) bond motifs is 1. The molecule has 1 amide bonds. The van der Waals surface area contributed by atoms with Gasteiger partial charge in [0.25, 0.3) is 5.91 Å². The van der Waals surface area contributed by atoms with Crippen LogP contribution in [0.3, 0.4) is 0 Å². The largest absolute Gasteiger partial charge is 0.376 e. The standard InChI is InChI=1S/C18H22N4O3/c23-18(16-3-7-21-25-16)20-9-17-15-11-22(8-4-14(15)12-24-17)10-13-1-5-19-6-2-13/h1-3,5-7,14-15,17H,4,8-12H2,(H,20,23)/t14-,15-,17+/m0/s1. The Labute approximate surface area is 146 Å². The summed E-state index contributed by atoms with van der Waals surface area (Å²) >= 11 is 0. The molecule has 2 aromatic heterocycles. The van der Waals surface area contributed by atoms with E-state index in [1.807, 2.05) is 12.4 Å². The average molecular weight is 342 g/mol. The van der Waals surface area contributed by atoms with Crippen molar-refractivity contribution in [3.05, 3.63) is 48.1 Å². The molecule has 2 aliphatic rings. The van der Waals surface area contributed by atoms with Crippen molar-refractivity contribution in [2.45, 2.75) is 19.1 Å². The third kappa shape index (κ3) is 3.72. The number of ether oxygens (including phenoxy) is 1. The van der Waals surface area contributed by atoms with Crippen molar-refractivity contribution in [2.24, 2.45) is 11.8 Å². The van der Waals surface area contributed by atoms with E-state index >= 15 is 0 Å². The molecule has 132 valence electrons. The van der Waals surface area contributed by atoms with Gasteiger partial charge in [0.2, 0.25) is 5.76 Å². The van der Waals surface area contributed by atoms with Gasteiger partial charge in [-0.3, -0.25) is 14.7 Å². The Bertz CT molecular complexity index is 692. The summed E-state index contributed by atoms with van der Waals surface area (Å²) in [6.07, 6.45) is 6.33. The minimum atomic E-state index is -0.242. The molecule has 4 rings (SSSR count). The third-order valence-electron chi connectivity index (χ3n) is 5.17. The van der Waals surface area contributed by atoms with Crippen LogP contribution < -0.4 is 5.32 Å². The quantitative estimate of drug-likeness (QED) is 0.883. The fourth-order valence-electron chi connectivity index (χ4n) is 3.81. The maximum Gasteiger partial charge on any atom is 0.289 e. The Morgan fingerprint density at radius 3 is 2.96 bits per heavy atom. The lowest BCUT2D eigenvalue weighted by Crippen LogP contribution is -2.45. The highest BCUT2D eigenvalue weighted by Gasteiger charge is 2.40. The SMILES string of the molecule is O=C(NC[C@H]1OC[C@@H]2CCN(Cc3ccncc3)C[C@@H]21)c1ccno1. The summed E-state index contributed by atoms with van der Waals surface area (Å²) in [4.78, 5) is 18.6. The molecular weight excluding hydrogens is 320 g/mol. The van der Waals surface area contributed by atoms with Gasteiger partial charge in [0, 0.05) is 44.0 Å². The number of aromatic nitrogens is 2. The van der Waals surface area contributed by atoms with Gasteiger partial charge in [-0.2, -0.15) is 0 Å². The highest BCUT2D eigenvalue weighted by atomic mass is 16.5. The van der Waals surface area contributed by atoms with Gasteiger partial charge in [-0.25, -0.2) is 0 Å². The molecule has 0 spiro atoms. The van der Waals surface area contributed by atoms with Crippen molar-refractivity contribution < 1.29 is 14.1 Å². The van der Waals surface area contributed by atoms with Crippen molar-refractivity contribution in [2.75, 3.05) is 26.2 Å². The summed E-state index contributed by atoms with van der Waals surface area (Å²) in [5.41, 5.74) is 1.28. The lowest BCUT2D eigenvalue weighted by atomic mass is 9.84. The topological polar surface area (TPSA) is 80.5 Å². The Balaban J connectivity index is 1.33. The molecule has 2 aliphatic heterocycles. The molecule has 0 unspecified atom stereocenters. The van der Waals surface area contributed by atoms with Crippen LogP contribution in [-0.4, -0.2) is 53.3 Å². The van der Waals surface area contributed by atoms with E-state index in [0.717, 1.165) is 32.7 Å². The molecule has 0 aliphatic carbocycles. The second kappa shape index (κ2) is 7.33. The predicted molar refractivity (Wildman–Crippen MR) is 89.7 cm³/mol. The molecule has 25 heavy (non-hydrogen) atoms. The molecule has 7 heteroatoms. The lowest BCUT2D eigenvalue weighted by Gasteiger charge is -2.36. The summed E-state index contributed by atoms with van der Waals surface area (Å²) < 4.78 is 10.9. The van der Waals surface area contributed by atoms with Crippen LogP contribution in [0, 0.1) is 11.8 Å². The first-order chi connectivity index (χ1) is 12.3. The van der Waals surface area contributed by atoms with E-state index in [0.29, 0.717) is 18.4 Å². The monoisotopic (exact) mass is 342 g/mol. The molecule has 4 heterocycles. The molecule has 7 nitrogen and oxygen atoms in total. The molecule has 0 bridgehead atoms. The number of likely N-dealkylation sites (tertiary alicyclic amines) is 1. The number of pyridine rings is 1. The van der Waals surface area contributed by atoms with E-state index in [4.69, 9.17) is 9.26 Å². The molecule has 0 aromatic carbocycles. The summed E-state index contributed by atoms with van der Waals surface area (Å²) in [6.45, 7) is 4.31. The number of rotatable bonds is 5. The van der Waals surface area contributed by atoms with Crippen LogP contribution >= 0.6 is 0 Å². The fraction of sp³-hybridized carbons (Fsp3) is 0.500. The van der Waals surface area contributed by atoms with E-state index in [-0.39, 0.29) is 17.8 Å². The maximum absolute atomic E-state index is 12.0. The first kappa shape index (κ1) is 16.2. The number of hydrogen-bond acceptors (Lipinski definition) is 6. The molecule has 2 saturated heterocycles. The maximum atomic E-state index is 12.0. The molecule has 2 fully saturated rings. The Kier molecular flexibility index (Phi) is 4.76. The summed E-state index contributed by atoms with van der Waals surface area (Å²) in [5.74, 6) is 1.03. The van der Waals surface area contributed by atoms with Gasteiger partial charge in [-0.15, -0.1) is 0 Å². The number of amides is 1. The second-order valence-corrected chi connectivity index (χ2v) is 6.76. The first-order valence-electron chi connectivity index (χ1n) is 8.71. The number of hydrogen-bond donors (Lipinski definition) is 1. The third-order valence-corrected chi connectivity index (χ3v) is 5.17. The predicted octanol–water partition coefficient (Wildman–Crippen LogP) is 1.34. The van der Waals surface area contributed by atoms with Crippen LogP contribution in [0.15, 0.2) is 41.3 Å². The molecule has 3 atom stereocenters. The zero-order valence-electron chi connectivity index (χ0n) is 14.0. The van der Waals surface area contributed by atoms with Crippen molar-refractivity contribution in [3.8, 4) is 0 Å². The number of piperidine rings is 1. The fourth-order valence-corrected chi connectivity index (χ4v) is 3.81. The van der Waals surface area contributed by atoms with Crippen molar-refractivity contribution >= 4 is 5.91 Å². The number of nitrogens with zero attached hydrogens (tertiary/aromatic N) is 3. The van der Waals surface area contributed by atoms with Gasteiger partial charge in [-0.05, 0) is 36.6 Å². The van der Waals surface area contributed by atoms with Gasteiger partial charge in [0.05, 0.1) is 18.9 Å². The molecule has 2 aromatic rings. The minimum absolute atomic E-state index is 0.0529. The second-order valence-electron chi connectivity index (χ2n) is 6.76. The van der Waals surface area contributed by atoms with Gasteiger partial charge in [-0.1, -0.05) is 5.16 Å². The van der Waals surface area contributed by atoms with Gasteiger partial charge in [0.1, 0.15) is 0 Å². The Morgan fingerprint density at radius 2 is 2.16 bits per heavy atom. The van der Waals surface area contributed by atoms with Gasteiger partial charge < -0.3 is 14.6 Å². The summed E-state index contributed by atoms with van der Waals surface area (Å²) in [7, 11) is 0. The van der Waals surface area contributed by atoms with E-state index in [2.05, 4.69) is 32.5 Å². The highest BCUT2D eigenvalue weighted by molar-refractivity contribution is 5.91. The molecule has 0 saturated carbocycles. The van der Waals surface area contributed by atoms with E-state index < -0.39 is 0 Å². The van der Waals surface area contributed by atoms with Gasteiger partial charge in [0.15, 0.2) is 0 Å². The molecule has 1 N–H and O–H groups in total. The van der Waals surface area contributed by atoms with E-state index in [1.54, 1.807) is 6.07 Å². The number of carbonyl (C=O) groups is 1. The Morgan fingerprint density at radius 1 is 1.28 bits per heavy atom.